The van der Waals surface area contributed by atoms with E-state index in [0.717, 1.165) is 43.5 Å². The highest BCUT2D eigenvalue weighted by molar-refractivity contribution is 5.72. The van der Waals surface area contributed by atoms with Crippen LogP contribution in [0.5, 0.6) is 5.75 Å². The van der Waals surface area contributed by atoms with E-state index in [1.165, 1.54) is 6.07 Å². The second-order valence-electron chi connectivity index (χ2n) is 9.53. The van der Waals surface area contributed by atoms with Gasteiger partial charge in [0, 0.05) is 37.5 Å². The van der Waals surface area contributed by atoms with E-state index >= 15 is 0 Å². The second kappa shape index (κ2) is 10.3. The third-order valence-electron chi connectivity index (χ3n) is 6.89. The van der Waals surface area contributed by atoms with Crippen LogP contribution in [0.1, 0.15) is 38.2 Å². The molecule has 0 unspecified atom stereocenters. The fourth-order valence-electron chi connectivity index (χ4n) is 4.89. The van der Waals surface area contributed by atoms with Crippen LogP contribution in [0.25, 0.3) is 11.3 Å². The van der Waals surface area contributed by atoms with Crippen LogP contribution in [0.4, 0.5) is 20.2 Å². The maximum Gasteiger partial charge on any atom is 0.178 e. The zero-order chi connectivity index (χ0) is 25.2. The quantitative estimate of drug-likeness (QED) is 0.494. The number of rotatable bonds is 6. The van der Waals surface area contributed by atoms with Crippen molar-refractivity contribution >= 4 is 11.4 Å². The first-order valence-corrected chi connectivity index (χ1v) is 12.4. The zero-order valence-corrected chi connectivity index (χ0v) is 20.9. The summed E-state index contributed by atoms with van der Waals surface area (Å²) in [7, 11) is 1.76. The molecule has 2 aromatic heterocycles. The van der Waals surface area contributed by atoms with Gasteiger partial charge in [-0.25, -0.2) is 18.7 Å². The molecule has 3 aromatic rings. The summed E-state index contributed by atoms with van der Waals surface area (Å²) >= 11 is 0. The maximum absolute atomic E-state index is 14.9. The van der Waals surface area contributed by atoms with Gasteiger partial charge in [-0.05, 0) is 51.0 Å². The Hall–Kier alpha value is -3.33. The van der Waals surface area contributed by atoms with Crippen molar-refractivity contribution in [2.24, 2.45) is 0 Å². The van der Waals surface area contributed by atoms with Crippen molar-refractivity contribution in [1.29, 1.82) is 0 Å². The fraction of sp³-hybridized carbons (Fsp3) is 0.444. The van der Waals surface area contributed by atoms with Crippen LogP contribution in [0.2, 0.25) is 0 Å². The number of pyridine rings is 1. The third kappa shape index (κ3) is 4.97. The van der Waals surface area contributed by atoms with Gasteiger partial charge in [0.1, 0.15) is 18.1 Å². The molecule has 1 saturated heterocycles. The minimum Gasteiger partial charge on any atom is -0.486 e. The van der Waals surface area contributed by atoms with Crippen molar-refractivity contribution in [3.05, 3.63) is 59.8 Å². The molecular weight excluding hydrogens is 464 g/mol. The molecule has 1 fully saturated rings. The van der Waals surface area contributed by atoms with Crippen molar-refractivity contribution < 1.29 is 18.3 Å². The lowest BCUT2D eigenvalue weighted by molar-refractivity contribution is 0.0819. The van der Waals surface area contributed by atoms with Crippen molar-refractivity contribution in [2.75, 3.05) is 43.2 Å². The van der Waals surface area contributed by atoms with Crippen LogP contribution in [0.15, 0.2) is 36.7 Å². The number of nitrogens with zero attached hydrogens (tertiary/aromatic N) is 5. The lowest BCUT2D eigenvalue weighted by Gasteiger charge is -2.34. The molecule has 190 valence electrons. The van der Waals surface area contributed by atoms with Gasteiger partial charge in [0.05, 0.1) is 42.8 Å². The van der Waals surface area contributed by atoms with E-state index in [4.69, 9.17) is 9.47 Å². The molecular formula is C27H31F2N5O2. The smallest absolute Gasteiger partial charge is 0.178 e. The first-order valence-electron chi connectivity index (χ1n) is 12.4. The SMILES string of the molecule is COC1CCN(c2ccc(Cc3ncc(F)c(-c4cc(F)c5c(c4)N(C(C)C)CCO5)n3)nc2)CC1. The predicted molar refractivity (Wildman–Crippen MR) is 135 cm³/mol. The number of anilines is 2. The number of piperidine rings is 1. The minimum atomic E-state index is -0.603. The number of halogens is 2. The topological polar surface area (TPSA) is 63.6 Å². The lowest BCUT2D eigenvalue weighted by Crippen LogP contribution is -2.38. The molecule has 0 radical (unpaired) electrons. The van der Waals surface area contributed by atoms with Crippen LogP contribution >= 0.6 is 0 Å². The van der Waals surface area contributed by atoms with E-state index in [0.29, 0.717) is 42.8 Å². The van der Waals surface area contributed by atoms with Crippen LogP contribution in [0.3, 0.4) is 0 Å². The molecule has 36 heavy (non-hydrogen) atoms. The largest absolute Gasteiger partial charge is 0.486 e. The summed E-state index contributed by atoms with van der Waals surface area (Å²) in [6.07, 6.45) is 5.65. The Balaban J connectivity index is 1.36. The number of hydrogen-bond acceptors (Lipinski definition) is 7. The van der Waals surface area contributed by atoms with Gasteiger partial charge >= 0.3 is 0 Å². The minimum absolute atomic E-state index is 0.0635. The summed E-state index contributed by atoms with van der Waals surface area (Å²) in [5, 5.41) is 0. The summed E-state index contributed by atoms with van der Waals surface area (Å²) in [4.78, 5) is 17.5. The Morgan fingerprint density at radius 3 is 2.56 bits per heavy atom. The maximum atomic E-state index is 14.9. The van der Waals surface area contributed by atoms with E-state index in [2.05, 4.69) is 24.8 Å². The number of methoxy groups -OCH3 is 1. The first-order chi connectivity index (χ1) is 17.4. The zero-order valence-electron chi connectivity index (χ0n) is 20.9. The Labute approximate surface area is 210 Å². The summed E-state index contributed by atoms with van der Waals surface area (Å²) in [5.41, 5.74) is 2.87. The highest BCUT2D eigenvalue weighted by atomic mass is 19.1. The monoisotopic (exact) mass is 495 g/mol. The number of ether oxygens (including phenoxy) is 2. The average Bonchev–Trinajstić information content (AvgIpc) is 2.90. The van der Waals surface area contributed by atoms with Crippen molar-refractivity contribution in [3.8, 4) is 17.0 Å². The molecule has 0 bridgehead atoms. The van der Waals surface area contributed by atoms with Gasteiger partial charge in [-0.15, -0.1) is 0 Å². The average molecular weight is 496 g/mol. The van der Waals surface area contributed by atoms with Gasteiger partial charge in [-0.2, -0.15) is 0 Å². The molecule has 0 amide bonds. The Morgan fingerprint density at radius 1 is 1.06 bits per heavy atom. The molecule has 0 aliphatic carbocycles. The molecule has 0 atom stereocenters. The fourth-order valence-corrected chi connectivity index (χ4v) is 4.89. The Kier molecular flexibility index (Phi) is 7.00. The first kappa shape index (κ1) is 24.4. The van der Waals surface area contributed by atoms with Crippen LogP contribution in [0, 0.1) is 11.6 Å². The summed E-state index contributed by atoms with van der Waals surface area (Å²) in [6, 6.07) is 7.15. The van der Waals surface area contributed by atoms with Gasteiger partial charge in [-0.3, -0.25) is 4.98 Å². The van der Waals surface area contributed by atoms with Gasteiger partial charge in [0.15, 0.2) is 17.4 Å². The number of aromatic nitrogens is 3. The van der Waals surface area contributed by atoms with E-state index in [9.17, 15) is 8.78 Å². The lowest BCUT2D eigenvalue weighted by atomic mass is 10.1. The molecule has 0 N–H and O–H groups in total. The summed E-state index contributed by atoms with van der Waals surface area (Å²) in [5.74, 6) is -0.514. The second-order valence-corrected chi connectivity index (χ2v) is 9.53. The van der Waals surface area contributed by atoms with Crippen LogP contribution in [-0.4, -0.2) is 60.4 Å². The van der Waals surface area contributed by atoms with E-state index in [1.807, 2.05) is 32.2 Å². The molecule has 7 nitrogen and oxygen atoms in total. The highest BCUT2D eigenvalue weighted by Crippen LogP contribution is 2.39. The van der Waals surface area contributed by atoms with Crippen molar-refractivity contribution in [2.45, 2.75) is 45.3 Å². The molecule has 2 aliphatic rings. The standard InChI is InChI=1S/C27H31F2N5O2/c1-17(2)34-10-11-36-27-22(28)12-18(13-24(27)34)26-23(29)16-31-25(32-26)14-19-4-5-20(15-30-19)33-8-6-21(35-3)7-9-33/h4-5,12-13,15-17,21H,6-11,14H2,1-3H3. The Bertz CT molecular complexity index is 1210. The predicted octanol–water partition coefficient (Wildman–Crippen LogP) is 4.63. The molecule has 0 saturated carbocycles. The highest BCUT2D eigenvalue weighted by Gasteiger charge is 2.26. The number of hydrogen-bond donors (Lipinski definition) is 0. The third-order valence-corrected chi connectivity index (χ3v) is 6.89. The summed E-state index contributed by atoms with van der Waals surface area (Å²) < 4.78 is 40.7. The Morgan fingerprint density at radius 2 is 1.86 bits per heavy atom. The molecule has 1 aromatic carbocycles. The van der Waals surface area contributed by atoms with Crippen molar-refractivity contribution in [3.63, 3.8) is 0 Å². The van der Waals surface area contributed by atoms with Gasteiger partial charge in [-0.1, -0.05) is 0 Å². The normalized spacial score (nSPS) is 16.3. The van der Waals surface area contributed by atoms with Gasteiger partial charge < -0.3 is 19.3 Å². The van der Waals surface area contributed by atoms with Crippen LogP contribution < -0.4 is 14.5 Å². The molecule has 2 aliphatic heterocycles. The van der Waals surface area contributed by atoms with Gasteiger partial charge in [0.2, 0.25) is 0 Å². The molecule has 9 heteroatoms. The van der Waals surface area contributed by atoms with E-state index in [1.54, 1.807) is 13.2 Å². The van der Waals surface area contributed by atoms with Crippen LogP contribution in [-0.2, 0) is 11.2 Å². The van der Waals surface area contributed by atoms with Gasteiger partial charge in [0.25, 0.3) is 0 Å². The van der Waals surface area contributed by atoms with Crippen molar-refractivity contribution in [1.82, 2.24) is 15.0 Å². The van der Waals surface area contributed by atoms with E-state index in [-0.39, 0.29) is 17.5 Å². The molecule has 5 rings (SSSR count). The molecule has 0 spiro atoms. The number of benzene rings is 1. The van der Waals surface area contributed by atoms with E-state index < -0.39 is 11.6 Å². The summed E-state index contributed by atoms with van der Waals surface area (Å²) in [6.45, 7) is 6.97. The number of fused-ring (bicyclic) bond motifs is 1. The molecule has 4 heterocycles.